The Morgan fingerprint density at radius 1 is 0.575 bits per heavy atom. The molecular formula is C36H23N3O. The van der Waals surface area contributed by atoms with Crippen molar-refractivity contribution in [3.63, 3.8) is 0 Å². The lowest BCUT2D eigenvalue weighted by Crippen LogP contribution is -2.08. The topological polar surface area (TPSA) is 43.9 Å². The number of hydrogen-bond acceptors (Lipinski definition) is 3. The highest BCUT2D eigenvalue weighted by molar-refractivity contribution is 6.24. The molecule has 0 saturated heterocycles. The molecule has 3 heterocycles. The minimum Gasteiger partial charge on any atom is -0.455 e. The van der Waals surface area contributed by atoms with E-state index in [1.54, 1.807) is 0 Å². The maximum absolute atomic E-state index is 6.69. The largest absolute Gasteiger partial charge is 0.455 e. The first-order chi connectivity index (χ1) is 19.8. The van der Waals surface area contributed by atoms with Gasteiger partial charge in [-0.15, -0.1) is 0 Å². The van der Waals surface area contributed by atoms with E-state index in [1.165, 1.54) is 38.4 Å². The van der Waals surface area contributed by atoms with Crippen molar-refractivity contribution in [2.45, 2.75) is 25.7 Å². The highest BCUT2D eigenvalue weighted by Gasteiger charge is 2.25. The Bertz CT molecular complexity index is 2380. The monoisotopic (exact) mass is 513 g/mol. The van der Waals surface area contributed by atoms with Gasteiger partial charge in [-0.1, -0.05) is 48.5 Å². The normalized spacial score (nSPS) is 14.1. The fourth-order valence-corrected chi connectivity index (χ4v) is 6.91. The quantitative estimate of drug-likeness (QED) is 0.233. The minimum absolute atomic E-state index is 0.690. The average Bonchev–Trinajstić information content (AvgIpc) is 3.49. The molecule has 0 radical (unpaired) electrons. The molecular weight excluding hydrogens is 490 g/mol. The Morgan fingerprint density at radius 2 is 1.30 bits per heavy atom. The van der Waals surface area contributed by atoms with Crippen LogP contribution < -0.4 is 0 Å². The van der Waals surface area contributed by atoms with Gasteiger partial charge >= 0.3 is 0 Å². The zero-order chi connectivity index (χ0) is 25.9. The first-order valence-electron chi connectivity index (χ1n) is 14.1. The Labute approximate surface area is 229 Å². The molecule has 0 saturated carbocycles. The number of aromatic nitrogens is 3. The molecule has 2 aliphatic rings. The van der Waals surface area contributed by atoms with E-state index < -0.39 is 0 Å². The van der Waals surface area contributed by atoms with Gasteiger partial charge in [-0.2, -0.15) is 0 Å². The molecule has 4 nitrogen and oxygen atoms in total. The first kappa shape index (κ1) is 20.9. The Kier molecular flexibility index (Phi) is 3.85. The van der Waals surface area contributed by atoms with Crippen molar-refractivity contribution in [3.05, 3.63) is 113 Å². The maximum atomic E-state index is 6.69. The zero-order valence-electron chi connectivity index (χ0n) is 21.7. The van der Waals surface area contributed by atoms with E-state index in [0.29, 0.717) is 5.95 Å². The fourth-order valence-electron chi connectivity index (χ4n) is 6.91. The van der Waals surface area contributed by atoms with Crippen LogP contribution in [0.5, 0.6) is 0 Å². The fraction of sp³-hybridized carbons (Fsp3) is 0.111. The van der Waals surface area contributed by atoms with Gasteiger partial charge in [0.2, 0.25) is 5.95 Å². The molecule has 0 bridgehead atoms. The summed E-state index contributed by atoms with van der Waals surface area (Å²) in [5.74, 6) is 0.690. The van der Waals surface area contributed by atoms with Gasteiger partial charge in [-0.05, 0) is 90.4 Å². The molecule has 3 aromatic heterocycles. The van der Waals surface area contributed by atoms with Gasteiger partial charge in [0.1, 0.15) is 11.2 Å². The number of aryl methyl sites for hydroxylation is 4. The molecule has 188 valence electrons. The van der Waals surface area contributed by atoms with Crippen LogP contribution in [0.15, 0.2) is 95.4 Å². The summed E-state index contributed by atoms with van der Waals surface area (Å²) in [4.78, 5) is 10.4. The number of furan rings is 1. The van der Waals surface area contributed by atoms with Gasteiger partial charge in [-0.3, -0.25) is 4.57 Å². The van der Waals surface area contributed by atoms with Gasteiger partial charge < -0.3 is 4.42 Å². The van der Waals surface area contributed by atoms with Crippen molar-refractivity contribution in [1.82, 2.24) is 14.5 Å². The van der Waals surface area contributed by atoms with E-state index in [1.807, 2.05) is 6.07 Å². The number of para-hydroxylation sites is 1. The van der Waals surface area contributed by atoms with Crippen molar-refractivity contribution < 1.29 is 4.42 Å². The second kappa shape index (κ2) is 7.36. The highest BCUT2D eigenvalue weighted by Crippen LogP contribution is 2.43. The molecule has 8 aromatic rings. The van der Waals surface area contributed by atoms with Gasteiger partial charge in [0.25, 0.3) is 0 Å². The van der Waals surface area contributed by atoms with Crippen LogP contribution in [0.3, 0.4) is 0 Å². The molecule has 0 spiro atoms. The second-order valence-electron chi connectivity index (χ2n) is 11.3. The molecule has 5 aromatic carbocycles. The Morgan fingerprint density at radius 3 is 2.12 bits per heavy atom. The first-order valence-corrected chi connectivity index (χ1v) is 14.1. The number of rotatable bonds is 2. The SMILES string of the molecule is c1ccc(-c2nc(-n3c4cc5c(cc4c4c6oc7cc8c(cc7c6ccc43)CC8)CC5)nc3ccccc23)cc1. The summed E-state index contributed by atoms with van der Waals surface area (Å²) in [6.07, 6.45) is 4.55. The van der Waals surface area contributed by atoms with E-state index in [-0.39, 0.29) is 0 Å². The number of hydrogen-bond donors (Lipinski definition) is 0. The lowest BCUT2D eigenvalue weighted by molar-refractivity contribution is 0.670. The smallest absolute Gasteiger partial charge is 0.235 e. The minimum atomic E-state index is 0.690. The van der Waals surface area contributed by atoms with Crippen LogP contribution >= 0.6 is 0 Å². The van der Waals surface area contributed by atoms with E-state index in [4.69, 9.17) is 14.4 Å². The summed E-state index contributed by atoms with van der Waals surface area (Å²) in [7, 11) is 0. The third-order valence-corrected chi connectivity index (χ3v) is 9.17. The molecule has 0 amide bonds. The molecule has 0 fully saturated rings. The molecule has 0 unspecified atom stereocenters. The lowest BCUT2D eigenvalue weighted by Gasteiger charge is -2.19. The molecule has 40 heavy (non-hydrogen) atoms. The van der Waals surface area contributed by atoms with Crippen LogP contribution in [-0.2, 0) is 25.7 Å². The summed E-state index contributed by atoms with van der Waals surface area (Å²) in [6.45, 7) is 0. The van der Waals surface area contributed by atoms with Crippen LogP contribution in [0.2, 0.25) is 0 Å². The van der Waals surface area contributed by atoms with Crippen LogP contribution in [0.25, 0.3) is 71.9 Å². The van der Waals surface area contributed by atoms with Crippen LogP contribution in [0.1, 0.15) is 22.3 Å². The second-order valence-corrected chi connectivity index (χ2v) is 11.3. The summed E-state index contributed by atoms with van der Waals surface area (Å²) in [6, 6.07) is 32.5. The van der Waals surface area contributed by atoms with Crippen molar-refractivity contribution in [2.24, 2.45) is 0 Å². The predicted molar refractivity (Wildman–Crippen MR) is 161 cm³/mol. The van der Waals surface area contributed by atoms with Crippen LogP contribution in [0.4, 0.5) is 0 Å². The number of benzene rings is 5. The lowest BCUT2D eigenvalue weighted by atomic mass is 9.87. The van der Waals surface area contributed by atoms with Crippen LogP contribution in [-0.4, -0.2) is 14.5 Å². The van der Waals surface area contributed by atoms with Crippen molar-refractivity contribution >= 4 is 54.6 Å². The van der Waals surface area contributed by atoms with E-state index >= 15 is 0 Å². The molecule has 0 aliphatic heterocycles. The van der Waals surface area contributed by atoms with Crippen LogP contribution in [0, 0.1) is 0 Å². The molecule has 0 atom stereocenters. The van der Waals surface area contributed by atoms with Crippen molar-refractivity contribution in [3.8, 4) is 17.2 Å². The van der Waals surface area contributed by atoms with Gasteiger partial charge in [0.05, 0.1) is 27.6 Å². The zero-order valence-corrected chi connectivity index (χ0v) is 21.7. The summed E-state index contributed by atoms with van der Waals surface area (Å²) >= 11 is 0. The van der Waals surface area contributed by atoms with Gasteiger partial charge in [0.15, 0.2) is 0 Å². The predicted octanol–water partition coefficient (Wildman–Crippen LogP) is 8.49. The number of nitrogens with zero attached hydrogens (tertiary/aromatic N) is 3. The molecule has 2 aliphatic carbocycles. The summed E-state index contributed by atoms with van der Waals surface area (Å²) < 4.78 is 8.94. The Hall–Kier alpha value is -4.96. The highest BCUT2D eigenvalue weighted by atomic mass is 16.3. The maximum Gasteiger partial charge on any atom is 0.235 e. The summed E-state index contributed by atoms with van der Waals surface area (Å²) in [5.41, 5.74) is 12.9. The third-order valence-electron chi connectivity index (χ3n) is 9.17. The standard InChI is InChI=1S/C36H23N3O/c1-2-6-20(7-3-1)34-26-8-4-5-9-29(26)37-36(38-34)39-30-15-14-25-27-16-21-11-13-24(21)19-32(27)40-35(25)33(30)28-17-22-10-12-23(22)18-31(28)39/h1-9,14-19H,10-13H2. The van der Waals surface area contributed by atoms with Crippen molar-refractivity contribution in [2.75, 3.05) is 0 Å². The summed E-state index contributed by atoms with van der Waals surface area (Å²) in [5, 5.41) is 5.82. The number of fused-ring (bicyclic) bond motifs is 10. The molecule has 10 rings (SSSR count). The van der Waals surface area contributed by atoms with Crippen molar-refractivity contribution in [1.29, 1.82) is 0 Å². The van der Waals surface area contributed by atoms with E-state index in [0.717, 1.165) is 75.4 Å². The van der Waals surface area contributed by atoms with E-state index in [9.17, 15) is 0 Å². The van der Waals surface area contributed by atoms with Gasteiger partial charge in [-0.25, -0.2) is 9.97 Å². The van der Waals surface area contributed by atoms with Gasteiger partial charge in [0, 0.05) is 27.1 Å². The van der Waals surface area contributed by atoms with E-state index in [2.05, 4.69) is 89.5 Å². The molecule has 0 N–H and O–H groups in total. The Balaban J connectivity index is 1.35. The third kappa shape index (κ3) is 2.65. The average molecular weight is 514 g/mol. The molecule has 4 heteroatoms.